The number of nitrogens with zero attached hydrogens (tertiary/aromatic N) is 1. The zero-order chi connectivity index (χ0) is 14.6. The zero-order valence-corrected chi connectivity index (χ0v) is 9.36. The molecule has 1 rings (SSSR count). The van der Waals surface area contributed by atoms with Crippen LogP contribution < -0.4 is 5.32 Å². The average Bonchev–Trinajstić information content (AvgIpc) is 2.32. The van der Waals surface area contributed by atoms with Crippen molar-refractivity contribution < 1.29 is 26.3 Å². The van der Waals surface area contributed by atoms with Crippen LogP contribution in [0, 0.1) is 23.0 Å². The van der Waals surface area contributed by atoms with Gasteiger partial charge in [-0.05, 0) is 12.1 Å². The number of benzene rings is 1. The van der Waals surface area contributed by atoms with Gasteiger partial charge in [-0.3, -0.25) is 0 Å². The van der Waals surface area contributed by atoms with Crippen LogP contribution in [0.25, 0.3) is 0 Å². The van der Waals surface area contributed by atoms with Crippen LogP contribution in [-0.2, 0) is 6.54 Å². The maximum atomic E-state index is 13.3. The highest BCUT2D eigenvalue weighted by molar-refractivity contribution is 5.34. The molecule has 0 aromatic heterocycles. The van der Waals surface area contributed by atoms with Gasteiger partial charge in [0.05, 0.1) is 18.2 Å². The lowest BCUT2D eigenvalue weighted by Gasteiger charge is -2.16. The van der Waals surface area contributed by atoms with Crippen molar-refractivity contribution in [3.63, 3.8) is 0 Å². The van der Waals surface area contributed by atoms with E-state index in [2.05, 4.69) is 0 Å². The molecule has 1 aromatic rings. The van der Waals surface area contributed by atoms with Gasteiger partial charge in [0.25, 0.3) is 0 Å². The summed E-state index contributed by atoms with van der Waals surface area (Å²) in [5.41, 5.74) is -0.860. The summed E-state index contributed by atoms with van der Waals surface area (Å²) < 4.78 is 75.3. The lowest BCUT2D eigenvalue weighted by atomic mass is 10.1. The molecule has 8 heteroatoms. The molecule has 0 amide bonds. The highest BCUT2D eigenvalue weighted by atomic mass is 19.3. The lowest BCUT2D eigenvalue weighted by molar-refractivity contribution is -0.125. The molecule has 0 heterocycles. The number of nitriles is 1. The monoisotopic (exact) mass is 282 g/mol. The molecule has 0 radical (unpaired) electrons. The fraction of sp³-hybridized carbons (Fsp3) is 0.364. The molecule has 1 N–H and O–H groups in total. The Balaban J connectivity index is 2.72. The molecule has 0 bridgehead atoms. The van der Waals surface area contributed by atoms with Crippen molar-refractivity contribution in [2.75, 3.05) is 6.54 Å². The lowest BCUT2D eigenvalue weighted by Crippen LogP contribution is -2.38. The largest absolute Gasteiger partial charge is 0.319 e. The summed E-state index contributed by atoms with van der Waals surface area (Å²) in [6.45, 7) is -2.10. The molecule has 0 fully saturated rings. The maximum absolute atomic E-state index is 13.3. The summed E-state index contributed by atoms with van der Waals surface area (Å²) in [4.78, 5) is 0. The summed E-state index contributed by atoms with van der Waals surface area (Å²) in [6, 6.07) is 2.97. The number of hydrogen-bond donors (Lipinski definition) is 1. The third kappa shape index (κ3) is 3.86. The van der Waals surface area contributed by atoms with Gasteiger partial charge in [-0.15, -0.1) is 0 Å². The van der Waals surface area contributed by atoms with E-state index < -0.39 is 42.6 Å². The molecule has 0 aliphatic heterocycles. The van der Waals surface area contributed by atoms with Crippen molar-refractivity contribution >= 4 is 0 Å². The fourth-order valence-electron chi connectivity index (χ4n) is 1.27. The van der Waals surface area contributed by atoms with E-state index in [1.54, 1.807) is 0 Å². The van der Waals surface area contributed by atoms with Crippen LogP contribution in [0.3, 0.4) is 0 Å². The van der Waals surface area contributed by atoms with Gasteiger partial charge in [-0.1, -0.05) is 0 Å². The number of hydrogen-bond acceptors (Lipinski definition) is 2. The molecule has 104 valence electrons. The SMILES string of the molecule is N#Cc1cc(F)c(CNCC(F)(F)C(F)F)c(F)c1. The predicted molar refractivity (Wildman–Crippen MR) is 53.7 cm³/mol. The van der Waals surface area contributed by atoms with Crippen LogP contribution in [0.15, 0.2) is 12.1 Å². The van der Waals surface area contributed by atoms with Gasteiger partial charge < -0.3 is 5.32 Å². The first kappa shape index (κ1) is 15.3. The highest BCUT2D eigenvalue weighted by Gasteiger charge is 2.40. The highest BCUT2D eigenvalue weighted by Crippen LogP contribution is 2.22. The Morgan fingerprint density at radius 2 is 1.74 bits per heavy atom. The molecule has 0 atom stereocenters. The van der Waals surface area contributed by atoms with Crippen LogP contribution in [0.1, 0.15) is 11.1 Å². The molecule has 0 aliphatic carbocycles. The topological polar surface area (TPSA) is 35.8 Å². The molecule has 0 saturated carbocycles. The van der Waals surface area contributed by atoms with E-state index >= 15 is 0 Å². The Bertz CT molecular complexity index is 471. The molecule has 0 spiro atoms. The van der Waals surface area contributed by atoms with Gasteiger partial charge in [-0.2, -0.15) is 14.0 Å². The van der Waals surface area contributed by atoms with E-state index in [0.717, 1.165) is 12.1 Å². The van der Waals surface area contributed by atoms with E-state index in [1.807, 2.05) is 5.32 Å². The van der Waals surface area contributed by atoms with Gasteiger partial charge in [0, 0.05) is 12.1 Å². The number of rotatable bonds is 5. The minimum absolute atomic E-state index is 0.267. The third-order valence-corrected chi connectivity index (χ3v) is 2.25. The van der Waals surface area contributed by atoms with Crippen molar-refractivity contribution in [2.45, 2.75) is 18.9 Å². The maximum Gasteiger partial charge on any atom is 0.319 e. The normalized spacial score (nSPS) is 11.7. The minimum Gasteiger partial charge on any atom is -0.307 e. The van der Waals surface area contributed by atoms with Crippen molar-refractivity contribution in [2.24, 2.45) is 0 Å². The van der Waals surface area contributed by atoms with Crippen LogP contribution in [0.4, 0.5) is 26.3 Å². The summed E-state index contributed by atoms with van der Waals surface area (Å²) >= 11 is 0. The quantitative estimate of drug-likeness (QED) is 0.843. The van der Waals surface area contributed by atoms with Crippen LogP contribution >= 0.6 is 0 Å². The van der Waals surface area contributed by atoms with Crippen LogP contribution in [0.2, 0.25) is 0 Å². The molecule has 0 unspecified atom stereocenters. The standard InChI is InChI=1S/C11H8F6N2/c12-8-1-6(3-18)2-9(13)7(8)4-19-5-11(16,17)10(14)15/h1-2,10,19H,4-5H2. The van der Waals surface area contributed by atoms with Gasteiger partial charge >= 0.3 is 12.3 Å². The molecule has 0 saturated heterocycles. The Morgan fingerprint density at radius 3 is 2.16 bits per heavy atom. The molecule has 0 aliphatic rings. The molecule has 1 aromatic carbocycles. The summed E-state index contributed by atoms with van der Waals surface area (Å²) in [5, 5.41) is 10.3. The summed E-state index contributed by atoms with van der Waals surface area (Å²) in [5.74, 6) is -6.49. The first-order valence-electron chi connectivity index (χ1n) is 5.02. The van der Waals surface area contributed by atoms with Crippen LogP contribution in [-0.4, -0.2) is 18.9 Å². The second kappa shape index (κ2) is 5.93. The van der Waals surface area contributed by atoms with Crippen molar-refractivity contribution in [3.05, 3.63) is 34.9 Å². The Labute approximate surface area is 104 Å². The zero-order valence-electron chi connectivity index (χ0n) is 9.36. The van der Waals surface area contributed by atoms with E-state index in [4.69, 9.17) is 5.26 Å². The van der Waals surface area contributed by atoms with Crippen molar-refractivity contribution in [1.29, 1.82) is 5.26 Å². The minimum atomic E-state index is -4.28. The predicted octanol–water partition coefficient (Wildman–Crippen LogP) is 2.83. The Morgan fingerprint density at radius 1 is 1.21 bits per heavy atom. The van der Waals surface area contributed by atoms with Gasteiger partial charge in [-0.25, -0.2) is 17.6 Å². The second-order valence-electron chi connectivity index (χ2n) is 3.70. The van der Waals surface area contributed by atoms with E-state index in [0.29, 0.717) is 0 Å². The fourth-order valence-corrected chi connectivity index (χ4v) is 1.27. The van der Waals surface area contributed by atoms with Gasteiger partial charge in [0.1, 0.15) is 11.6 Å². The number of halogens is 6. The molecular weight excluding hydrogens is 274 g/mol. The van der Waals surface area contributed by atoms with E-state index in [-0.39, 0.29) is 5.56 Å². The van der Waals surface area contributed by atoms with Gasteiger partial charge in [0.15, 0.2) is 0 Å². The van der Waals surface area contributed by atoms with Crippen molar-refractivity contribution in [3.8, 4) is 6.07 Å². The molecule has 19 heavy (non-hydrogen) atoms. The molecule has 2 nitrogen and oxygen atoms in total. The summed E-state index contributed by atoms with van der Waals surface area (Å²) in [7, 11) is 0. The van der Waals surface area contributed by atoms with Crippen molar-refractivity contribution in [1.82, 2.24) is 5.32 Å². The van der Waals surface area contributed by atoms with E-state index in [9.17, 15) is 26.3 Å². The smallest absolute Gasteiger partial charge is 0.307 e. The summed E-state index contributed by atoms with van der Waals surface area (Å²) in [6.07, 6.45) is -3.87. The third-order valence-electron chi connectivity index (χ3n) is 2.25. The number of alkyl halides is 4. The van der Waals surface area contributed by atoms with Crippen LogP contribution in [0.5, 0.6) is 0 Å². The second-order valence-corrected chi connectivity index (χ2v) is 3.70. The Hall–Kier alpha value is -1.75. The first-order chi connectivity index (χ1) is 8.77. The molecular formula is C11H8F6N2. The number of nitrogens with one attached hydrogen (secondary N) is 1. The average molecular weight is 282 g/mol. The first-order valence-corrected chi connectivity index (χ1v) is 5.02. The Kier molecular flexibility index (Phi) is 4.78. The van der Waals surface area contributed by atoms with Gasteiger partial charge in [0.2, 0.25) is 0 Å². The van der Waals surface area contributed by atoms with E-state index in [1.165, 1.54) is 6.07 Å².